The molecule has 1 fully saturated rings. The van der Waals surface area contributed by atoms with Crippen molar-refractivity contribution in [2.24, 2.45) is 0 Å². The van der Waals surface area contributed by atoms with Crippen molar-refractivity contribution in [2.75, 3.05) is 25.5 Å². The number of benzene rings is 1. The molecule has 2 atom stereocenters. The second kappa shape index (κ2) is 5.03. The zero-order valence-corrected chi connectivity index (χ0v) is 10.8. The molecule has 1 unspecified atom stereocenters. The maximum Gasteiger partial charge on any atom is 0.257 e. The second-order valence-electron chi connectivity index (χ2n) is 4.78. The summed E-state index contributed by atoms with van der Waals surface area (Å²) in [5, 5.41) is 8.25. The van der Waals surface area contributed by atoms with E-state index in [0.717, 1.165) is 24.3 Å². The Morgan fingerprint density at radius 1 is 1.32 bits per heavy atom. The van der Waals surface area contributed by atoms with Gasteiger partial charge in [-0.2, -0.15) is 0 Å². The number of ether oxygens (including phenoxy) is 1. The molecule has 0 saturated carbocycles. The minimum absolute atomic E-state index is 0.0690. The van der Waals surface area contributed by atoms with E-state index in [-0.39, 0.29) is 17.7 Å². The first-order chi connectivity index (χ1) is 9.28. The van der Waals surface area contributed by atoms with Crippen molar-refractivity contribution in [3.8, 4) is 0 Å². The molecule has 1 aromatic heterocycles. The Hall–Kier alpha value is -1.85. The average molecular weight is 259 g/mol. The monoisotopic (exact) mass is 259 g/mol. The number of anilines is 1. The van der Waals surface area contributed by atoms with Gasteiger partial charge in [0.25, 0.3) is 5.56 Å². The van der Waals surface area contributed by atoms with Crippen molar-refractivity contribution in [2.45, 2.75) is 12.1 Å². The first-order valence-electron chi connectivity index (χ1n) is 6.40. The lowest BCUT2D eigenvalue weighted by Gasteiger charge is -2.19. The third-order valence-corrected chi connectivity index (χ3v) is 3.56. The van der Waals surface area contributed by atoms with Crippen molar-refractivity contribution >= 4 is 16.6 Å². The maximum absolute atomic E-state index is 12.0. The molecule has 3 N–H and O–H groups in total. The van der Waals surface area contributed by atoms with Gasteiger partial charge in [0, 0.05) is 25.6 Å². The van der Waals surface area contributed by atoms with Crippen LogP contribution in [0, 0.1) is 0 Å². The van der Waals surface area contributed by atoms with Gasteiger partial charge in [-0.05, 0) is 17.5 Å². The molecule has 3 rings (SSSR count). The van der Waals surface area contributed by atoms with E-state index in [4.69, 9.17) is 4.74 Å². The molecule has 0 aliphatic carbocycles. The standard InChI is InChI=1S/C14H17N3O2/c1-19-12-8-15-7-11(12)16-13-6-9-4-2-3-5-10(9)14(18)17-13/h2-6,11-12,15H,7-8H2,1H3,(H2,16,17,18)/t11?,12-/m0/s1. The smallest absolute Gasteiger partial charge is 0.257 e. The molecule has 1 saturated heterocycles. The topological polar surface area (TPSA) is 66.2 Å². The van der Waals surface area contributed by atoms with Gasteiger partial charge in [0.2, 0.25) is 0 Å². The van der Waals surface area contributed by atoms with E-state index in [2.05, 4.69) is 15.6 Å². The Morgan fingerprint density at radius 2 is 2.16 bits per heavy atom. The Balaban J connectivity index is 1.91. The number of H-pyrrole nitrogens is 1. The van der Waals surface area contributed by atoms with Gasteiger partial charge in [0.05, 0.1) is 12.1 Å². The van der Waals surface area contributed by atoms with Crippen LogP contribution in [0.3, 0.4) is 0 Å². The van der Waals surface area contributed by atoms with Crippen LogP contribution < -0.4 is 16.2 Å². The number of nitrogens with one attached hydrogen (secondary N) is 3. The molecule has 2 heterocycles. The van der Waals surface area contributed by atoms with E-state index in [1.165, 1.54) is 0 Å². The highest BCUT2D eigenvalue weighted by atomic mass is 16.5. The number of hydrogen-bond acceptors (Lipinski definition) is 4. The first kappa shape index (κ1) is 12.2. The van der Waals surface area contributed by atoms with Crippen molar-refractivity contribution < 1.29 is 4.74 Å². The predicted molar refractivity (Wildman–Crippen MR) is 75.6 cm³/mol. The summed E-state index contributed by atoms with van der Waals surface area (Å²) in [4.78, 5) is 14.9. The van der Waals surface area contributed by atoms with Crippen molar-refractivity contribution in [3.05, 3.63) is 40.7 Å². The molecule has 2 aromatic rings. The number of pyridine rings is 1. The molecular formula is C14H17N3O2. The highest BCUT2D eigenvalue weighted by Gasteiger charge is 2.26. The van der Waals surface area contributed by atoms with Gasteiger partial charge in [0.1, 0.15) is 5.82 Å². The highest BCUT2D eigenvalue weighted by Crippen LogP contribution is 2.15. The first-order valence-corrected chi connectivity index (χ1v) is 6.40. The number of hydrogen-bond donors (Lipinski definition) is 3. The number of aromatic nitrogens is 1. The van der Waals surface area contributed by atoms with Gasteiger partial charge in [-0.15, -0.1) is 0 Å². The SMILES string of the molecule is CO[C@H]1CNCC1Nc1cc2ccccc2c(=O)[nH]1. The Labute approximate surface area is 111 Å². The molecule has 5 nitrogen and oxygen atoms in total. The summed E-state index contributed by atoms with van der Waals surface area (Å²) in [5.74, 6) is 0.736. The Bertz CT molecular complexity index is 638. The van der Waals surface area contributed by atoms with Crippen molar-refractivity contribution in [1.29, 1.82) is 0 Å². The Kier molecular flexibility index (Phi) is 3.23. The average Bonchev–Trinajstić information content (AvgIpc) is 2.86. The van der Waals surface area contributed by atoms with Crippen LogP contribution in [0.1, 0.15) is 0 Å². The molecule has 1 aliphatic rings. The van der Waals surface area contributed by atoms with Crippen LogP contribution in [0.2, 0.25) is 0 Å². The lowest BCUT2D eigenvalue weighted by atomic mass is 10.1. The molecule has 19 heavy (non-hydrogen) atoms. The third kappa shape index (κ3) is 2.34. The summed E-state index contributed by atoms with van der Waals surface area (Å²) in [6.45, 7) is 1.65. The molecule has 0 spiro atoms. The molecule has 100 valence electrons. The fourth-order valence-corrected chi connectivity index (χ4v) is 2.53. The summed E-state index contributed by atoms with van der Waals surface area (Å²) < 4.78 is 5.40. The van der Waals surface area contributed by atoms with Crippen LogP contribution in [0.15, 0.2) is 35.1 Å². The second-order valence-corrected chi connectivity index (χ2v) is 4.78. The fraction of sp³-hybridized carbons (Fsp3) is 0.357. The third-order valence-electron chi connectivity index (χ3n) is 3.56. The Morgan fingerprint density at radius 3 is 3.00 bits per heavy atom. The van der Waals surface area contributed by atoms with Crippen molar-refractivity contribution in [3.63, 3.8) is 0 Å². The summed E-state index contributed by atoms with van der Waals surface area (Å²) in [6.07, 6.45) is 0.120. The van der Waals surface area contributed by atoms with Gasteiger partial charge in [-0.1, -0.05) is 18.2 Å². The van der Waals surface area contributed by atoms with Crippen LogP contribution in [0.25, 0.3) is 10.8 Å². The predicted octanol–water partition coefficient (Wildman–Crippen LogP) is 0.927. The molecule has 5 heteroatoms. The van der Waals surface area contributed by atoms with E-state index in [1.54, 1.807) is 7.11 Å². The summed E-state index contributed by atoms with van der Waals surface area (Å²) in [6, 6.07) is 9.69. The number of rotatable bonds is 3. The van der Waals surface area contributed by atoms with E-state index in [0.29, 0.717) is 5.39 Å². The van der Waals surface area contributed by atoms with E-state index in [9.17, 15) is 4.79 Å². The van der Waals surface area contributed by atoms with Gasteiger partial charge >= 0.3 is 0 Å². The lowest BCUT2D eigenvalue weighted by molar-refractivity contribution is 0.111. The van der Waals surface area contributed by atoms with E-state index >= 15 is 0 Å². The van der Waals surface area contributed by atoms with Gasteiger partial charge in [-0.25, -0.2) is 0 Å². The molecule has 1 aromatic carbocycles. The van der Waals surface area contributed by atoms with Crippen LogP contribution in [-0.4, -0.2) is 37.3 Å². The normalized spacial score (nSPS) is 22.8. The van der Waals surface area contributed by atoms with E-state index < -0.39 is 0 Å². The number of aromatic amines is 1. The quantitative estimate of drug-likeness (QED) is 0.767. The van der Waals surface area contributed by atoms with E-state index in [1.807, 2.05) is 30.3 Å². The van der Waals surface area contributed by atoms with Crippen molar-refractivity contribution in [1.82, 2.24) is 10.3 Å². The van der Waals surface area contributed by atoms with Crippen LogP contribution in [-0.2, 0) is 4.74 Å². The minimum atomic E-state index is -0.0690. The van der Waals surface area contributed by atoms with Crippen LogP contribution in [0.4, 0.5) is 5.82 Å². The molecular weight excluding hydrogens is 242 g/mol. The minimum Gasteiger partial charge on any atom is -0.378 e. The zero-order chi connectivity index (χ0) is 13.2. The maximum atomic E-state index is 12.0. The summed E-state index contributed by atoms with van der Waals surface area (Å²) >= 11 is 0. The molecule has 0 amide bonds. The molecule has 0 bridgehead atoms. The van der Waals surface area contributed by atoms with Crippen LogP contribution >= 0.6 is 0 Å². The lowest BCUT2D eigenvalue weighted by Crippen LogP contribution is -2.34. The number of fused-ring (bicyclic) bond motifs is 1. The zero-order valence-electron chi connectivity index (χ0n) is 10.8. The van der Waals surface area contributed by atoms with Crippen LogP contribution in [0.5, 0.6) is 0 Å². The molecule has 1 aliphatic heterocycles. The highest BCUT2D eigenvalue weighted by molar-refractivity contribution is 5.83. The van der Waals surface area contributed by atoms with Gasteiger partial charge in [0.15, 0.2) is 0 Å². The van der Waals surface area contributed by atoms with Gasteiger partial charge in [-0.3, -0.25) is 4.79 Å². The summed E-state index contributed by atoms with van der Waals surface area (Å²) in [5.41, 5.74) is -0.0690. The fourth-order valence-electron chi connectivity index (χ4n) is 2.53. The molecule has 0 radical (unpaired) electrons. The summed E-state index contributed by atoms with van der Waals surface area (Å²) in [7, 11) is 1.70. The largest absolute Gasteiger partial charge is 0.378 e. The number of methoxy groups -OCH3 is 1. The van der Waals surface area contributed by atoms with Gasteiger partial charge < -0.3 is 20.4 Å².